The molecule has 30 heavy (non-hydrogen) atoms. The summed E-state index contributed by atoms with van der Waals surface area (Å²) in [6.07, 6.45) is 0.857. The predicted molar refractivity (Wildman–Crippen MR) is 119 cm³/mol. The minimum absolute atomic E-state index is 0.150. The molecule has 8 nitrogen and oxygen atoms in total. The Labute approximate surface area is 185 Å². The molecule has 1 amide bonds. The Bertz CT molecular complexity index is 1090. The summed E-state index contributed by atoms with van der Waals surface area (Å²) in [5, 5.41) is 19.7. The number of nitrogens with zero attached hydrogens (tertiary/aromatic N) is 5. The van der Waals surface area contributed by atoms with E-state index < -0.39 is 0 Å². The van der Waals surface area contributed by atoms with E-state index in [2.05, 4.69) is 31.9 Å². The summed E-state index contributed by atoms with van der Waals surface area (Å²) in [7, 11) is 1.63. The Kier molecular flexibility index (Phi) is 6.72. The minimum atomic E-state index is -0.150. The van der Waals surface area contributed by atoms with Crippen molar-refractivity contribution in [2.24, 2.45) is 0 Å². The lowest BCUT2D eigenvalue weighted by molar-refractivity contribution is -0.113. The highest BCUT2D eigenvalue weighted by atomic mass is 32.2. The number of anilines is 1. The first-order valence-corrected chi connectivity index (χ1v) is 11.8. The third-order valence-corrected chi connectivity index (χ3v) is 6.77. The molecule has 0 radical (unpaired) electrons. The van der Waals surface area contributed by atoms with E-state index in [0.717, 1.165) is 23.4 Å². The van der Waals surface area contributed by atoms with Crippen molar-refractivity contribution in [3.63, 3.8) is 0 Å². The molecule has 3 aromatic heterocycles. The molecule has 1 aromatic carbocycles. The molecule has 0 bridgehead atoms. The average Bonchev–Trinajstić information content (AvgIpc) is 3.53. The lowest BCUT2D eigenvalue weighted by Crippen LogP contribution is -2.14. The van der Waals surface area contributed by atoms with Gasteiger partial charge in [0.15, 0.2) is 5.13 Å². The molecule has 0 fully saturated rings. The number of benzene rings is 1. The highest BCUT2D eigenvalue weighted by Gasteiger charge is 2.12. The quantitative estimate of drug-likeness (QED) is 0.381. The molecule has 154 valence electrons. The van der Waals surface area contributed by atoms with Crippen LogP contribution in [0.25, 0.3) is 11.3 Å². The zero-order valence-corrected chi connectivity index (χ0v) is 18.5. The largest absolute Gasteiger partial charge is 0.497 e. The monoisotopic (exact) mass is 458 g/mol. The fourth-order valence-corrected chi connectivity index (χ4v) is 4.76. The number of methoxy groups -OCH3 is 1. The second-order valence-corrected chi connectivity index (χ2v) is 8.95. The Balaban J connectivity index is 1.29. The van der Waals surface area contributed by atoms with Gasteiger partial charge in [0, 0.05) is 22.2 Å². The summed E-state index contributed by atoms with van der Waals surface area (Å²) in [5.41, 5.74) is 1.77. The van der Waals surface area contributed by atoms with Gasteiger partial charge in [-0.3, -0.25) is 4.79 Å². The van der Waals surface area contributed by atoms with Crippen molar-refractivity contribution in [1.29, 1.82) is 0 Å². The van der Waals surface area contributed by atoms with Crippen molar-refractivity contribution in [3.05, 3.63) is 52.0 Å². The van der Waals surface area contributed by atoms with Gasteiger partial charge in [0.1, 0.15) is 5.75 Å². The number of tetrazole rings is 1. The van der Waals surface area contributed by atoms with Crippen LogP contribution in [-0.2, 0) is 17.8 Å². The molecular formula is C19H18N6O2S3. The van der Waals surface area contributed by atoms with Crippen LogP contribution < -0.4 is 10.1 Å². The Morgan fingerprint density at radius 1 is 1.23 bits per heavy atom. The van der Waals surface area contributed by atoms with Gasteiger partial charge in [0.05, 0.1) is 25.1 Å². The number of nitrogens with one attached hydrogen (secondary N) is 1. The number of carbonyl (C=O) groups is 1. The van der Waals surface area contributed by atoms with E-state index in [9.17, 15) is 4.79 Å². The second-order valence-electron chi connectivity index (χ2n) is 6.12. The number of rotatable bonds is 9. The summed E-state index contributed by atoms with van der Waals surface area (Å²) in [6, 6.07) is 11.7. The van der Waals surface area contributed by atoms with E-state index in [1.807, 2.05) is 41.1 Å². The van der Waals surface area contributed by atoms with Crippen LogP contribution in [0.15, 0.2) is 52.3 Å². The van der Waals surface area contributed by atoms with Crippen molar-refractivity contribution in [1.82, 2.24) is 25.2 Å². The molecule has 0 aliphatic carbocycles. The lowest BCUT2D eigenvalue weighted by Gasteiger charge is -2.04. The molecule has 3 heterocycles. The topological polar surface area (TPSA) is 94.8 Å². The number of thiophene rings is 1. The highest BCUT2D eigenvalue weighted by Crippen LogP contribution is 2.26. The number of thiazole rings is 1. The van der Waals surface area contributed by atoms with Crippen LogP contribution >= 0.6 is 34.4 Å². The second kappa shape index (κ2) is 9.83. The number of ether oxygens (including phenoxy) is 1. The predicted octanol–water partition coefficient (Wildman–Crippen LogP) is 3.84. The van der Waals surface area contributed by atoms with Crippen molar-refractivity contribution in [2.75, 3.05) is 18.2 Å². The van der Waals surface area contributed by atoms with Crippen LogP contribution in [0.2, 0.25) is 0 Å². The third kappa shape index (κ3) is 5.23. The summed E-state index contributed by atoms with van der Waals surface area (Å²) in [5.74, 6) is 0.845. The number of hydrogen-bond donors (Lipinski definition) is 1. The van der Waals surface area contributed by atoms with E-state index in [1.54, 1.807) is 23.1 Å². The fourth-order valence-electron chi connectivity index (χ4n) is 2.62. The number of aromatic nitrogens is 5. The number of thioether (sulfide) groups is 1. The molecule has 1 N–H and O–H groups in total. The van der Waals surface area contributed by atoms with Crippen LogP contribution in [0.4, 0.5) is 5.13 Å². The zero-order valence-electron chi connectivity index (χ0n) is 16.0. The maximum Gasteiger partial charge on any atom is 0.236 e. The van der Waals surface area contributed by atoms with Crippen LogP contribution in [0.5, 0.6) is 5.75 Å². The number of aryl methyl sites for hydroxylation is 2. The lowest BCUT2D eigenvalue weighted by atomic mass is 10.2. The standard InChI is InChI=1S/C19H18N6O2S3/c1-27-14-6-4-13(5-7-14)16-11-29-18(20-16)21-17(26)12-30-19-22-23-24-25(19)9-8-15-3-2-10-28-15/h2-7,10-11H,8-9,12H2,1H3,(H,20,21,26). The molecule has 0 aliphatic rings. The van der Waals surface area contributed by atoms with Crippen LogP contribution in [-0.4, -0.2) is 44.0 Å². The van der Waals surface area contributed by atoms with Gasteiger partial charge in [-0.15, -0.1) is 27.8 Å². The van der Waals surface area contributed by atoms with Gasteiger partial charge in [-0.25, -0.2) is 9.67 Å². The summed E-state index contributed by atoms with van der Waals surface area (Å²) < 4.78 is 6.90. The molecule has 0 saturated heterocycles. The van der Waals surface area contributed by atoms with Gasteiger partial charge in [0.25, 0.3) is 0 Å². The zero-order chi connectivity index (χ0) is 20.8. The third-order valence-electron chi connectivity index (χ3n) is 4.12. The van der Waals surface area contributed by atoms with Gasteiger partial charge in [-0.1, -0.05) is 17.8 Å². The maximum atomic E-state index is 12.3. The van der Waals surface area contributed by atoms with Gasteiger partial charge in [-0.05, 0) is 46.1 Å². The molecule has 0 atom stereocenters. The minimum Gasteiger partial charge on any atom is -0.497 e. The molecule has 0 unspecified atom stereocenters. The molecule has 11 heteroatoms. The first-order chi connectivity index (χ1) is 14.7. The maximum absolute atomic E-state index is 12.3. The fraction of sp³-hybridized carbons (Fsp3) is 0.211. The van der Waals surface area contributed by atoms with Crippen LogP contribution in [0.1, 0.15) is 4.88 Å². The first kappa shape index (κ1) is 20.5. The van der Waals surface area contributed by atoms with Gasteiger partial charge in [-0.2, -0.15) is 0 Å². The van der Waals surface area contributed by atoms with Crippen molar-refractivity contribution >= 4 is 45.5 Å². The van der Waals surface area contributed by atoms with Gasteiger partial charge >= 0.3 is 0 Å². The average molecular weight is 459 g/mol. The number of hydrogen-bond acceptors (Lipinski definition) is 9. The van der Waals surface area contributed by atoms with Crippen molar-refractivity contribution < 1.29 is 9.53 Å². The van der Waals surface area contributed by atoms with E-state index >= 15 is 0 Å². The molecule has 4 rings (SSSR count). The molecule has 4 aromatic rings. The van der Waals surface area contributed by atoms with Gasteiger partial charge in [0.2, 0.25) is 11.1 Å². The SMILES string of the molecule is COc1ccc(-c2csc(NC(=O)CSc3nnnn3CCc3cccs3)n2)cc1. The van der Waals surface area contributed by atoms with Crippen LogP contribution in [0.3, 0.4) is 0 Å². The normalized spacial score (nSPS) is 10.8. The molecular weight excluding hydrogens is 440 g/mol. The number of carbonyl (C=O) groups excluding carboxylic acids is 1. The summed E-state index contributed by atoms with van der Waals surface area (Å²) in [6.45, 7) is 0.676. The molecule has 0 aliphatic heterocycles. The Morgan fingerprint density at radius 2 is 2.10 bits per heavy atom. The Morgan fingerprint density at radius 3 is 2.87 bits per heavy atom. The van der Waals surface area contributed by atoms with Crippen LogP contribution in [0, 0.1) is 0 Å². The van der Waals surface area contributed by atoms with E-state index in [1.165, 1.54) is 28.0 Å². The summed E-state index contributed by atoms with van der Waals surface area (Å²) in [4.78, 5) is 18.1. The van der Waals surface area contributed by atoms with E-state index in [-0.39, 0.29) is 11.7 Å². The Hall–Kier alpha value is -2.76. The number of amides is 1. The smallest absolute Gasteiger partial charge is 0.236 e. The van der Waals surface area contributed by atoms with Crippen molar-refractivity contribution in [3.8, 4) is 17.0 Å². The van der Waals surface area contributed by atoms with Crippen molar-refractivity contribution in [2.45, 2.75) is 18.1 Å². The molecule has 0 saturated carbocycles. The highest BCUT2D eigenvalue weighted by molar-refractivity contribution is 7.99. The van der Waals surface area contributed by atoms with Gasteiger partial charge < -0.3 is 10.1 Å². The van der Waals surface area contributed by atoms with E-state index in [0.29, 0.717) is 16.8 Å². The first-order valence-electron chi connectivity index (χ1n) is 9.02. The van der Waals surface area contributed by atoms with E-state index in [4.69, 9.17) is 4.74 Å². The molecule has 0 spiro atoms. The summed E-state index contributed by atoms with van der Waals surface area (Å²) >= 11 is 4.40.